The number of benzene rings is 3. The zero-order valence-electron chi connectivity index (χ0n) is 15.4. The van der Waals surface area contributed by atoms with Crippen molar-refractivity contribution in [3.8, 4) is 0 Å². The van der Waals surface area contributed by atoms with Crippen LogP contribution in [0.4, 0.5) is 0 Å². The zero-order chi connectivity index (χ0) is 18.2. The minimum Gasteiger partial charge on any atom is -0.300 e. The number of hydrogen-bond acceptors (Lipinski definition) is 1. The molecule has 0 aliphatic carbocycles. The second-order valence-corrected chi connectivity index (χ2v) is 7.04. The molecule has 2 heteroatoms. The van der Waals surface area contributed by atoms with E-state index in [1.807, 2.05) is 26.0 Å². The fourth-order valence-corrected chi connectivity index (χ4v) is 3.82. The summed E-state index contributed by atoms with van der Waals surface area (Å²) in [4.78, 5) is 13.2. The average molecular weight is 340 g/mol. The molecule has 0 saturated carbocycles. The van der Waals surface area contributed by atoms with Gasteiger partial charge in [-0.05, 0) is 42.3 Å². The quantitative estimate of drug-likeness (QED) is 0.558. The molecule has 0 bridgehead atoms. The fraction of sp³-hybridized carbons (Fsp3) is 0.208. The molecule has 0 amide bonds. The van der Waals surface area contributed by atoms with Crippen molar-refractivity contribution < 1.29 is 4.79 Å². The van der Waals surface area contributed by atoms with E-state index in [2.05, 4.69) is 72.8 Å². The molecule has 0 aliphatic rings. The maximum absolute atomic E-state index is 13.2. The third-order valence-corrected chi connectivity index (χ3v) is 5.07. The molecule has 0 aromatic heterocycles. The minimum atomic E-state index is -0.418. The number of Topliss-reactive ketones (excluding diaryl/α,β-unsaturated/α-hetero) is 1. The van der Waals surface area contributed by atoms with Crippen LogP contribution in [0.3, 0.4) is 0 Å². The highest BCUT2D eigenvalue weighted by atomic mass is 16.1. The molecule has 0 radical (unpaired) electrons. The first-order chi connectivity index (χ1) is 12.7. The third kappa shape index (κ3) is 4.52. The van der Waals surface area contributed by atoms with Crippen LogP contribution in [0.2, 0.25) is 6.32 Å². The zero-order valence-corrected chi connectivity index (χ0v) is 15.4. The highest BCUT2D eigenvalue weighted by Crippen LogP contribution is 2.34. The first-order valence-electron chi connectivity index (χ1n) is 9.37. The molecule has 0 fully saturated rings. The molecular formula is C24H25BO. The van der Waals surface area contributed by atoms with Gasteiger partial charge in [0.05, 0.1) is 0 Å². The van der Waals surface area contributed by atoms with Crippen LogP contribution in [-0.4, -0.2) is 13.6 Å². The van der Waals surface area contributed by atoms with Gasteiger partial charge < -0.3 is 0 Å². The van der Waals surface area contributed by atoms with Crippen LogP contribution in [0.25, 0.3) is 0 Å². The molecule has 0 spiro atoms. The monoisotopic (exact) mass is 340 g/mol. The lowest BCUT2D eigenvalue weighted by Gasteiger charge is -2.33. The van der Waals surface area contributed by atoms with Gasteiger partial charge >= 0.3 is 0 Å². The lowest BCUT2D eigenvalue weighted by Crippen LogP contribution is -2.38. The summed E-state index contributed by atoms with van der Waals surface area (Å²) in [6.07, 6.45) is 2.87. The van der Waals surface area contributed by atoms with Crippen molar-refractivity contribution in [2.75, 3.05) is 0 Å². The van der Waals surface area contributed by atoms with Crippen LogP contribution in [0.15, 0.2) is 91.0 Å². The van der Waals surface area contributed by atoms with Gasteiger partial charge in [-0.1, -0.05) is 91.0 Å². The van der Waals surface area contributed by atoms with Crippen LogP contribution >= 0.6 is 0 Å². The summed E-state index contributed by atoms with van der Waals surface area (Å²) >= 11 is 0. The molecule has 0 atom stereocenters. The molecular weight excluding hydrogens is 315 g/mol. The summed E-state index contributed by atoms with van der Waals surface area (Å²) in [7, 11) is 1.98. The Labute approximate surface area is 157 Å². The molecule has 0 saturated heterocycles. The van der Waals surface area contributed by atoms with Gasteiger partial charge in [-0.2, -0.15) is 0 Å². The summed E-state index contributed by atoms with van der Waals surface area (Å²) in [5.41, 5.74) is 3.25. The Hall–Kier alpha value is -2.61. The SMILES string of the molecule is BCC(=O)C(Cc1ccccc1)(Cc1ccccc1)Cc1ccccc1. The number of ketones is 1. The molecule has 0 N–H and O–H groups in total. The summed E-state index contributed by atoms with van der Waals surface area (Å²) in [6.45, 7) is 0. The molecule has 0 heterocycles. The van der Waals surface area contributed by atoms with E-state index >= 15 is 0 Å². The highest BCUT2D eigenvalue weighted by molar-refractivity contribution is 6.21. The maximum Gasteiger partial charge on any atom is 0.132 e. The van der Waals surface area contributed by atoms with Gasteiger partial charge in [-0.3, -0.25) is 4.79 Å². The van der Waals surface area contributed by atoms with Crippen molar-refractivity contribution in [3.63, 3.8) is 0 Å². The van der Waals surface area contributed by atoms with Gasteiger partial charge in [-0.25, -0.2) is 0 Å². The summed E-state index contributed by atoms with van der Waals surface area (Å²) < 4.78 is 0. The number of rotatable bonds is 8. The molecule has 0 unspecified atom stereocenters. The van der Waals surface area contributed by atoms with E-state index in [9.17, 15) is 4.79 Å². The van der Waals surface area contributed by atoms with E-state index in [0.717, 1.165) is 19.3 Å². The van der Waals surface area contributed by atoms with Gasteiger partial charge in [-0.15, -0.1) is 0 Å². The predicted octanol–water partition coefficient (Wildman–Crippen LogP) is 4.32. The van der Waals surface area contributed by atoms with Crippen molar-refractivity contribution >= 4 is 13.6 Å². The Bertz CT molecular complexity index is 711. The van der Waals surface area contributed by atoms with Gasteiger partial charge in [0, 0.05) is 5.41 Å². The van der Waals surface area contributed by atoms with Gasteiger partial charge in [0.25, 0.3) is 0 Å². The fourth-order valence-electron chi connectivity index (χ4n) is 3.82. The Morgan fingerprint density at radius 3 is 1.19 bits per heavy atom. The third-order valence-electron chi connectivity index (χ3n) is 5.07. The topological polar surface area (TPSA) is 17.1 Å². The number of hydrogen-bond donors (Lipinski definition) is 0. The van der Waals surface area contributed by atoms with E-state index in [4.69, 9.17) is 0 Å². The normalized spacial score (nSPS) is 11.2. The highest BCUT2D eigenvalue weighted by Gasteiger charge is 2.37. The molecule has 1 nitrogen and oxygen atoms in total. The standard InChI is InChI=1S/C24H25BO/c25-19-23(26)24(16-20-10-4-1-5-11-20,17-21-12-6-2-7-13-21)18-22-14-8-3-9-15-22/h1-15H,16-19,25H2. The van der Waals surface area contributed by atoms with E-state index in [0.29, 0.717) is 12.1 Å². The second kappa shape index (κ2) is 8.67. The van der Waals surface area contributed by atoms with Crippen molar-refractivity contribution in [3.05, 3.63) is 108 Å². The molecule has 0 aliphatic heterocycles. The van der Waals surface area contributed by atoms with Gasteiger partial charge in [0.2, 0.25) is 0 Å². The smallest absolute Gasteiger partial charge is 0.132 e. The lowest BCUT2D eigenvalue weighted by atomic mass is 9.67. The van der Waals surface area contributed by atoms with E-state index < -0.39 is 5.41 Å². The Kier molecular flexibility index (Phi) is 6.06. The van der Waals surface area contributed by atoms with Crippen LogP contribution < -0.4 is 0 Å². The predicted molar refractivity (Wildman–Crippen MR) is 111 cm³/mol. The van der Waals surface area contributed by atoms with Crippen molar-refractivity contribution in [2.24, 2.45) is 5.41 Å². The van der Waals surface area contributed by atoms with E-state index in [1.165, 1.54) is 16.7 Å². The Balaban J connectivity index is 2.02. The number of carbonyl (C=O) groups is 1. The summed E-state index contributed by atoms with van der Waals surface area (Å²) in [6, 6.07) is 31.2. The van der Waals surface area contributed by atoms with Crippen molar-refractivity contribution in [1.29, 1.82) is 0 Å². The van der Waals surface area contributed by atoms with Crippen molar-refractivity contribution in [1.82, 2.24) is 0 Å². The summed E-state index contributed by atoms with van der Waals surface area (Å²) in [5, 5.41) is 0. The minimum absolute atomic E-state index is 0.342. The van der Waals surface area contributed by atoms with Crippen LogP contribution in [0.1, 0.15) is 16.7 Å². The second-order valence-electron chi connectivity index (χ2n) is 7.04. The number of carbonyl (C=O) groups excluding carboxylic acids is 1. The maximum atomic E-state index is 13.2. The van der Waals surface area contributed by atoms with Gasteiger partial charge in [0.15, 0.2) is 0 Å². The van der Waals surface area contributed by atoms with E-state index in [-0.39, 0.29) is 0 Å². The molecule has 130 valence electrons. The molecule has 3 aromatic rings. The van der Waals surface area contributed by atoms with E-state index in [1.54, 1.807) is 0 Å². The Morgan fingerprint density at radius 2 is 0.923 bits per heavy atom. The first-order valence-corrected chi connectivity index (χ1v) is 9.37. The largest absolute Gasteiger partial charge is 0.300 e. The van der Waals surface area contributed by atoms with Crippen LogP contribution in [-0.2, 0) is 24.1 Å². The van der Waals surface area contributed by atoms with Crippen LogP contribution in [0, 0.1) is 5.41 Å². The summed E-state index contributed by atoms with van der Waals surface area (Å²) in [5.74, 6) is 0.342. The Morgan fingerprint density at radius 1 is 0.615 bits per heavy atom. The molecule has 3 rings (SSSR count). The van der Waals surface area contributed by atoms with Crippen LogP contribution in [0.5, 0.6) is 0 Å². The van der Waals surface area contributed by atoms with Gasteiger partial charge in [0.1, 0.15) is 13.6 Å². The van der Waals surface area contributed by atoms with Crippen molar-refractivity contribution in [2.45, 2.75) is 25.6 Å². The molecule has 3 aromatic carbocycles. The first kappa shape index (κ1) is 18.2. The molecule has 26 heavy (non-hydrogen) atoms. The average Bonchev–Trinajstić information content (AvgIpc) is 2.69. The lowest BCUT2D eigenvalue weighted by molar-refractivity contribution is -0.126.